The number of hydrogen-bond donors (Lipinski definition) is 0. The second-order valence-corrected chi connectivity index (χ2v) is 7.43. The van der Waals surface area contributed by atoms with Crippen molar-refractivity contribution in [1.82, 2.24) is 9.80 Å². The highest BCUT2D eigenvalue weighted by molar-refractivity contribution is 14.1. The average molecular weight is 422 g/mol. The summed E-state index contributed by atoms with van der Waals surface area (Å²) in [4.78, 5) is 4.78. The van der Waals surface area contributed by atoms with Crippen LogP contribution in [-0.2, 0) is 0 Å². The lowest BCUT2D eigenvalue weighted by Crippen LogP contribution is -2.36. The lowest BCUT2D eigenvalue weighted by Gasteiger charge is -2.31. The van der Waals surface area contributed by atoms with Gasteiger partial charge in [0.15, 0.2) is 0 Å². The zero-order chi connectivity index (χ0) is 16.2. The van der Waals surface area contributed by atoms with Crippen molar-refractivity contribution in [3.8, 4) is 5.75 Å². The highest BCUT2D eigenvalue weighted by Gasteiger charge is 2.28. The summed E-state index contributed by atoms with van der Waals surface area (Å²) >= 11 is 2.38. The van der Waals surface area contributed by atoms with E-state index in [4.69, 9.17) is 4.74 Å². The van der Waals surface area contributed by atoms with Crippen molar-refractivity contribution >= 4 is 22.6 Å². The third-order valence-electron chi connectivity index (χ3n) is 4.22. The maximum Gasteiger partial charge on any atom is 0.124 e. The quantitative estimate of drug-likeness (QED) is 0.700. The minimum absolute atomic E-state index is 0.253. The van der Waals surface area contributed by atoms with E-state index >= 15 is 0 Å². The number of benzene rings is 2. The van der Waals surface area contributed by atoms with Gasteiger partial charge in [0.05, 0.1) is 6.04 Å². The Kier molecular flexibility index (Phi) is 5.56. The Morgan fingerprint density at radius 3 is 2.70 bits per heavy atom. The molecule has 0 bridgehead atoms. The van der Waals surface area contributed by atoms with Crippen molar-refractivity contribution in [3.05, 3.63) is 63.2 Å². The van der Waals surface area contributed by atoms with Gasteiger partial charge in [0.1, 0.15) is 12.4 Å². The zero-order valence-corrected chi connectivity index (χ0v) is 15.9. The second-order valence-electron chi connectivity index (χ2n) is 6.18. The van der Waals surface area contributed by atoms with Crippen LogP contribution >= 0.6 is 22.6 Å². The molecule has 2 aromatic carbocycles. The predicted molar refractivity (Wildman–Crippen MR) is 103 cm³/mol. The molecule has 0 aliphatic carbocycles. The van der Waals surface area contributed by atoms with Gasteiger partial charge in [-0.15, -0.1) is 0 Å². The third kappa shape index (κ3) is 4.05. The van der Waals surface area contributed by atoms with Gasteiger partial charge in [0.2, 0.25) is 0 Å². The summed E-state index contributed by atoms with van der Waals surface area (Å²) in [5.74, 6) is 1.02. The van der Waals surface area contributed by atoms with Gasteiger partial charge in [-0.2, -0.15) is 0 Å². The molecule has 3 nitrogen and oxygen atoms in total. The molecule has 0 fully saturated rings. The van der Waals surface area contributed by atoms with Gasteiger partial charge < -0.3 is 9.64 Å². The number of fused-ring (bicyclic) bond motifs is 1. The van der Waals surface area contributed by atoms with E-state index in [1.54, 1.807) is 0 Å². The fourth-order valence-corrected chi connectivity index (χ4v) is 3.57. The first kappa shape index (κ1) is 16.7. The van der Waals surface area contributed by atoms with Gasteiger partial charge in [-0.3, -0.25) is 4.90 Å². The first-order valence-electron chi connectivity index (χ1n) is 8.01. The third-order valence-corrected chi connectivity index (χ3v) is 4.89. The number of nitrogens with zero attached hydrogens (tertiary/aromatic N) is 2. The molecule has 3 rings (SSSR count). The fraction of sp³-hybridized carbons (Fsp3) is 0.368. The van der Waals surface area contributed by atoms with E-state index in [0.717, 1.165) is 32.0 Å². The molecule has 1 aliphatic heterocycles. The van der Waals surface area contributed by atoms with Crippen molar-refractivity contribution < 1.29 is 4.74 Å². The maximum atomic E-state index is 6.03. The van der Waals surface area contributed by atoms with E-state index in [0.29, 0.717) is 0 Å². The van der Waals surface area contributed by atoms with E-state index in [9.17, 15) is 0 Å². The van der Waals surface area contributed by atoms with Gasteiger partial charge in [0.25, 0.3) is 0 Å². The Bertz CT molecular complexity index is 645. The molecule has 0 saturated carbocycles. The number of likely N-dealkylation sites (N-methyl/N-ethyl adjacent to an activating group) is 1. The van der Waals surface area contributed by atoms with Gasteiger partial charge in [-0.25, -0.2) is 0 Å². The van der Waals surface area contributed by atoms with Crippen LogP contribution in [0.15, 0.2) is 48.5 Å². The molecule has 4 heteroatoms. The van der Waals surface area contributed by atoms with Crippen molar-refractivity contribution in [2.45, 2.75) is 6.04 Å². The zero-order valence-electron chi connectivity index (χ0n) is 13.7. The molecule has 23 heavy (non-hydrogen) atoms. The van der Waals surface area contributed by atoms with Crippen LogP contribution in [0, 0.1) is 3.57 Å². The van der Waals surface area contributed by atoms with Crippen molar-refractivity contribution in [3.63, 3.8) is 0 Å². The monoisotopic (exact) mass is 422 g/mol. The Morgan fingerprint density at radius 2 is 1.96 bits per heavy atom. The van der Waals surface area contributed by atoms with Crippen LogP contribution in [0.5, 0.6) is 5.75 Å². The minimum Gasteiger partial charge on any atom is -0.492 e. The summed E-state index contributed by atoms with van der Waals surface area (Å²) in [6.07, 6.45) is 0. The number of halogens is 1. The van der Waals surface area contributed by atoms with Crippen molar-refractivity contribution in [2.75, 3.05) is 40.3 Å². The first-order chi connectivity index (χ1) is 11.1. The Hall–Kier alpha value is -1.11. The summed E-state index contributed by atoms with van der Waals surface area (Å²) in [5.41, 5.74) is 2.61. The van der Waals surface area contributed by atoms with Gasteiger partial charge in [-0.1, -0.05) is 30.3 Å². The van der Waals surface area contributed by atoms with Crippen molar-refractivity contribution in [1.29, 1.82) is 0 Å². The molecular formula is C19H23IN2O. The van der Waals surface area contributed by atoms with Crippen LogP contribution in [0.25, 0.3) is 0 Å². The summed E-state index contributed by atoms with van der Waals surface area (Å²) in [5, 5.41) is 0. The first-order valence-corrected chi connectivity index (χ1v) is 9.09. The minimum atomic E-state index is 0.253. The van der Waals surface area contributed by atoms with Crippen molar-refractivity contribution in [2.24, 2.45) is 0 Å². The lowest BCUT2D eigenvalue weighted by molar-refractivity contribution is 0.185. The molecule has 1 unspecified atom stereocenters. The molecule has 0 spiro atoms. The number of hydrogen-bond acceptors (Lipinski definition) is 3. The highest BCUT2D eigenvalue weighted by Crippen LogP contribution is 2.37. The summed E-state index contributed by atoms with van der Waals surface area (Å²) in [7, 11) is 4.26. The molecule has 0 N–H and O–H groups in total. The molecule has 1 heterocycles. The summed E-state index contributed by atoms with van der Waals surface area (Å²) < 4.78 is 7.28. The SMILES string of the molecule is CN(C)CCN1CCOc2ccc(I)cc2C1c1ccccc1. The molecule has 1 aliphatic rings. The molecule has 0 aromatic heterocycles. The van der Waals surface area contributed by atoms with Gasteiger partial charge in [-0.05, 0) is 60.4 Å². The average Bonchev–Trinajstić information content (AvgIpc) is 2.72. The fourth-order valence-electron chi connectivity index (χ4n) is 3.06. The Balaban J connectivity index is 2.03. The summed E-state index contributed by atoms with van der Waals surface area (Å²) in [6, 6.07) is 17.5. The lowest BCUT2D eigenvalue weighted by atomic mass is 9.96. The molecule has 0 saturated heterocycles. The molecule has 0 radical (unpaired) electrons. The standard InChI is InChI=1S/C19H23IN2O/c1-21(2)10-11-22-12-13-23-18-9-8-16(20)14-17(18)19(22)15-6-4-3-5-7-15/h3-9,14,19H,10-13H2,1-2H3. The second kappa shape index (κ2) is 7.64. The number of ether oxygens (including phenoxy) is 1. The van der Waals surface area contributed by atoms with E-state index in [-0.39, 0.29) is 6.04 Å². The molecule has 0 amide bonds. The van der Waals surface area contributed by atoms with Crippen LogP contribution in [-0.4, -0.2) is 50.1 Å². The molecular weight excluding hydrogens is 399 g/mol. The van der Waals surface area contributed by atoms with Gasteiger partial charge >= 0.3 is 0 Å². The smallest absolute Gasteiger partial charge is 0.124 e. The van der Waals surface area contributed by atoms with E-state index in [2.05, 4.69) is 95.0 Å². The molecule has 122 valence electrons. The van der Waals surface area contributed by atoms with Gasteiger partial charge in [0, 0.05) is 28.8 Å². The Labute approximate surface area is 152 Å². The summed E-state index contributed by atoms with van der Waals surface area (Å²) in [6.45, 7) is 3.76. The largest absolute Gasteiger partial charge is 0.492 e. The van der Waals surface area contributed by atoms with E-state index in [1.807, 2.05) is 0 Å². The van der Waals surface area contributed by atoms with Crippen LogP contribution in [0.4, 0.5) is 0 Å². The van der Waals surface area contributed by atoms with Crippen LogP contribution in [0.3, 0.4) is 0 Å². The Morgan fingerprint density at radius 1 is 1.17 bits per heavy atom. The predicted octanol–water partition coefficient (Wildman–Crippen LogP) is 3.64. The van der Waals surface area contributed by atoms with Crippen LogP contribution in [0.1, 0.15) is 17.2 Å². The molecule has 1 atom stereocenters. The topological polar surface area (TPSA) is 15.7 Å². The number of rotatable bonds is 4. The van der Waals surface area contributed by atoms with Crippen LogP contribution in [0.2, 0.25) is 0 Å². The van der Waals surface area contributed by atoms with E-state index < -0.39 is 0 Å². The highest BCUT2D eigenvalue weighted by atomic mass is 127. The van der Waals surface area contributed by atoms with E-state index in [1.165, 1.54) is 14.7 Å². The molecule has 2 aromatic rings. The normalized spacial score (nSPS) is 18.3. The van der Waals surface area contributed by atoms with Crippen LogP contribution < -0.4 is 4.74 Å². The maximum absolute atomic E-state index is 6.03.